The predicted octanol–water partition coefficient (Wildman–Crippen LogP) is 2.97. The van der Waals surface area contributed by atoms with E-state index < -0.39 is 10.0 Å². The number of benzene rings is 1. The Labute approximate surface area is 142 Å². The second kappa shape index (κ2) is 6.79. The number of thiophene rings is 1. The Bertz CT molecular complexity index is 874. The van der Waals surface area contributed by atoms with Crippen LogP contribution < -0.4 is 4.72 Å². The third-order valence-electron chi connectivity index (χ3n) is 2.95. The van der Waals surface area contributed by atoms with E-state index in [2.05, 4.69) is 14.9 Å². The van der Waals surface area contributed by atoms with Crippen LogP contribution in [-0.2, 0) is 16.4 Å². The SMILES string of the molecule is O=S(=O)(NCCc1nnc(-c2cccs2)o1)c1ccc(Cl)cc1. The Morgan fingerprint density at radius 2 is 1.96 bits per heavy atom. The molecule has 0 saturated carbocycles. The molecule has 0 atom stereocenters. The highest BCUT2D eigenvalue weighted by Gasteiger charge is 2.14. The molecule has 0 unspecified atom stereocenters. The van der Waals surface area contributed by atoms with Gasteiger partial charge in [-0.2, -0.15) is 0 Å². The van der Waals surface area contributed by atoms with E-state index in [9.17, 15) is 8.42 Å². The van der Waals surface area contributed by atoms with E-state index in [0.717, 1.165) is 4.88 Å². The lowest BCUT2D eigenvalue weighted by Gasteiger charge is -2.05. The summed E-state index contributed by atoms with van der Waals surface area (Å²) in [6.07, 6.45) is 0.311. The Balaban J connectivity index is 1.60. The van der Waals surface area contributed by atoms with Crippen LogP contribution in [0.15, 0.2) is 51.1 Å². The summed E-state index contributed by atoms with van der Waals surface area (Å²) in [7, 11) is -3.58. The molecule has 9 heteroatoms. The molecule has 23 heavy (non-hydrogen) atoms. The van der Waals surface area contributed by atoms with Gasteiger partial charge < -0.3 is 4.42 Å². The number of sulfonamides is 1. The van der Waals surface area contributed by atoms with Crippen LogP contribution >= 0.6 is 22.9 Å². The molecule has 1 aromatic carbocycles. The predicted molar refractivity (Wildman–Crippen MR) is 88.0 cm³/mol. The van der Waals surface area contributed by atoms with Gasteiger partial charge in [-0.25, -0.2) is 13.1 Å². The minimum Gasteiger partial charge on any atom is -0.420 e. The summed E-state index contributed by atoms with van der Waals surface area (Å²) in [6, 6.07) is 9.73. The third kappa shape index (κ3) is 3.97. The van der Waals surface area contributed by atoms with Crippen LogP contribution in [0.2, 0.25) is 5.02 Å². The number of aromatic nitrogens is 2. The summed E-state index contributed by atoms with van der Waals surface area (Å²) in [5.41, 5.74) is 0. The normalized spacial score (nSPS) is 11.7. The van der Waals surface area contributed by atoms with Crippen LogP contribution in [0.3, 0.4) is 0 Å². The number of nitrogens with zero attached hydrogens (tertiary/aromatic N) is 2. The van der Waals surface area contributed by atoms with Crippen molar-refractivity contribution in [1.82, 2.24) is 14.9 Å². The quantitative estimate of drug-likeness (QED) is 0.722. The molecule has 0 fully saturated rings. The molecule has 0 amide bonds. The highest BCUT2D eigenvalue weighted by atomic mass is 35.5. The Morgan fingerprint density at radius 3 is 2.65 bits per heavy atom. The number of hydrogen-bond acceptors (Lipinski definition) is 6. The number of hydrogen-bond donors (Lipinski definition) is 1. The first-order valence-electron chi connectivity index (χ1n) is 6.66. The van der Waals surface area contributed by atoms with Crippen molar-refractivity contribution in [2.45, 2.75) is 11.3 Å². The zero-order valence-corrected chi connectivity index (χ0v) is 14.2. The maximum atomic E-state index is 12.1. The molecule has 6 nitrogen and oxygen atoms in total. The van der Waals surface area contributed by atoms with Crippen LogP contribution in [0.1, 0.15) is 5.89 Å². The van der Waals surface area contributed by atoms with Crippen molar-refractivity contribution in [1.29, 1.82) is 0 Å². The summed E-state index contributed by atoms with van der Waals surface area (Å²) < 4.78 is 32.2. The Hall–Kier alpha value is -1.74. The lowest BCUT2D eigenvalue weighted by Crippen LogP contribution is -2.26. The van der Waals surface area contributed by atoms with E-state index in [4.69, 9.17) is 16.0 Å². The fraction of sp³-hybridized carbons (Fsp3) is 0.143. The molecule has 120 valence electrons. The average molecular weight is 370 g/mol. The molecule has 0 aliphatic carbocycles. The second-order valence-electron chi connectivity index (χ2n) is 4.58. The van der Waals surface area contributed by atoms with E-state index in [1.54, 1.807) is 0 Å². The van der Waals surface area contributed by atoms with E-state index in [-0.39, 0.29) is 11.4 Å². The van der Waals surface area contributed by atoms with E-state index in [0.29, 0.717) is 23.2 Å². The fourth-order valence-corrected chi connectivity index (χ4v) is 3.65. The second-order valence-corrected chi connectivity index (χ2v) is 7.73. The van der Waals surface area contributed by atoms with Crippen molar-refractivity contribution in [3.8, 4) is 10.8 Å². The molecule has 2 aromatic heterocycles. The topological polar surface area (TPSA) is 85.1 Å². The summed E-state index contributed by atoms with van der Waals surface area (Å²) in [5.74, 6) is 0.822. The van der Waals surface area contributed by atoms with Crippen LogP contribution in [0.25, 0.3) is 10.8 Å². The number of halogens is 1. The van der Waals surface area contributed by atoms with Gasteiger partial charge in [-0.15, -0.1) is 21.5 Å². The van der Waals surface area contributed by atoms with Crippen LogP contribution in [-0.4, -0.2) is 25.2 Å². The standard InChI is InChI=1S/C14H12ClN3O3S2/c15-10-3-5-11(6-4-10)23(19,20)16-8-7-13-17-18-14(21-13)12-2-1-9-22-12/h1-6,9,16H,7-8H2. The maximum Gasteiger partial charge on any atom is 0.257 e. The van der Waals surface area contributed by atoms with Gasteiger partial charge in [0.2, 0.25) is 15.9 Å². The molecule has 0 aliphatic heterocycles. The van der Waals surface area contributed by atoms with Gasteiger partial charge in [0.15, 0.2) is 0 Å². The Morgan fingerprint density at radius 1 is 1.17 bits per heavy atom. The molecular weight excluding hydrogens is 358 g/mol. The summed E-state index contributed by atoms with van der Waals surface area (Å²) in [4.78, 5) is 1.04. The zero-order valence-electron chi connectivity index (χ0n) is 11.8. The fourth-order valence-electron chi connectivity index (χ4n) is 1.84. The number of nitrogens with one attached hydrogen (secondary N) is 1. The van der Waals surface area contributed by atoms with Crippen LogP contribution in [0, 0.1) is 0 Å². The first-order valence-corrected chi connectivity index (χ1v) is 9.40. The molecule has 0 saturated heterocycles. The van der Waals surface area contributed by atoms with Gasteiger partial charge in [0.05, 0.1) is 9.77 Å². The summed E-state index contributed by atoms with van der Waals surface area (Å²) in [5, 5.41) is 10.3. The molecule has 3 aromatic rings. The van der Waals surface area contributed by atoms with Gasteiger partial charge in [0, 0.05) is 18.0 Å². The van der Waals surface area contributed by atoms with Crippen molar-refractivity contribution in [3.05, 3.63) is 52.7 Å². The third-order valence-corrected chi connectivity index (χ3v) is 5.54. The summed E-state index contributed by atoms with van der Waals surface area (Å²) in [6.45, 7) is 0.164. The van der Waals surface area contributed by atoms with Crippen molar-refractivity contribution >= 4 is 33.0 Å². The van der Waals surface area contributed by atoms with Gasteiger partial charge in [-0.3, -0.25) is 0 Å². The van der Waals surface area contributed by atoms with Crippen molar-refractivity contribution in [2.24, 2.45) is 0 Å². The van der Waals surface area contributed by atoms with E-state index >= 15 is 0 Å². The largest absolute Gasteiger partial charge is 0.420 e. The van der Waals surface area contributed by atoms with Gasteiger partial charge in [-0.05, 0) is 35.7 Å². The van der Waals surface area contributed by atoms with Gasteiger partial charge in [-0.1, -0.05) is 17.7 Å². The van der Waals surface area contributed by atoms with E-state index in [1.807, 2.05) is 17.5 Å². The van der Waals surface area contributed by atoms with Crippen LogP contribution in [0.5, 0.6) is 0 Å². The van der Waals surface area contributed by atoms with E-state index in [1.165, 1.54) is 35.6 Å². The molecule has 0 aliphatic rings. The average Bonchev–Trinajstić information content (AvgIpc) is 3.18. The zero-order chi connectivity index (χ0) is 16.3. The minimum atomic E-state index is -3.58. The maximum absolute atomic E-state index is 12.1. The molecule has 0 radical (unpaired) electrons. The van der Waals surface area contributed by atoms with Gasteiger partial charge >= 0.3 is 0 Å². The lowest BCUT2D eigenvalue weighted by molar-refractivity contribution is 0.503. The highest BCUT2D eigenvalue weighted by molar-refractivity contribution is 7.89. The molecule has 3 rings (SSSR count). The molecule has 0 spiro atoms. The minimum absolute atomic E-state index is 0.159. The molecule has 1 N–H and O–H groups in total. The van der Waals surface area contributed by atoms with Crippen molar-refractivity contribution < 1.29 is 12.8 Å². The van der Waals surface area contributed by atoms with Crippen LogP contribution in [0.4, 0.5) is 0 Å². The Kier molecular flexibility index (Phi) is 4.76. The van der Waals surface area contributed by atoms with Gasteiger partial charge in [0.1, 0.15) is 0 Å². The van der Waals surface area contributed by atoms with Gasteiger partial charge in [0.25, 0.3) is 5.89 Å². The molecule has 0 bridgehead atoms. The first kappa shape index (κ1) is 16.1. The monoisotopic (exact) mass is 369 g/mol. The summed E-state index contributed by atoms with van der Waals surface area (Å²) >= 11 is 7.25. The smallest absolute Gasteiger partial charge is 0.257 e. The molecule has 2 heterocycles. The highest BCUT2D eigenvalue weighted by Crippen LogP contribution is 2.23. The van der Waals surface area contributed by atoms with Crippen molar-refractivity contribution in [2.75, 3.05) is 6.54 Å². The lowest BCUT2D eigenvalue weighted by atomic mass is 10.4. The molecular formula is C14H12ClN3O3S2. The van der Waals surface area contributed by atoms with Crippen molar-refractivity contribution in [3.63, 3.8) is 0 Å². The first-order chi connectivity index (χ1) is 11.0. The number of rotatable bonds is 6.